The van der Waals surface area contributed by atoms with E-state index < -0.39 is 0 Å². The molecule has 132 valence electrons. The lowest BCUT2D eigenvalue weighted by Gasteiger charge is -2.24. The first-order chi connectivity index (χ1) is 12.2. The second kappa shape index (κ2) is 8.16. The van der Waals surface area contributed by atoms with Crippen molar-refractivity contribution < 1.29 is 19.1 Å². The van der Waals surface area contributed by atoms with Crippen LogP contribution in [0.3, 0.4) is 0 Å². The first kappa shape index (κ1) is 17.5. The molecule has 25 heavy (non-hydrogen) atoms. The number of rotatable bonds is 7. The minimum atomic E-state index is -0.0393. The molecular formula is C19H21NO4S. The van der Waals surface area contributed by atoms with Crippen LogP contribution < -0.4 is 9.47 Å². The molecule has 5 nitrogen and oxygen atoms in total. The first-order valence-electron chi connectivity index (χ1n) is 8.40. The quantitative estimate of drug-likeness (QED) is 0.707. The Balaban J connectivity index is 1.67. The summed E-state index contributed by atoms with van der Waals surface area (Å²) in [5.74, 6) is 0.932. The first-order valence-corrected chi connectivity index (χ1v) is 9.28. The molecule has 0 radical (unpaired) electrons. The zero-order valence-corrected chi connectivity index (χ0v) is 15.0. The highest BCUT2D eigenvalue weighted by molar-refractivity contribution is 7.10. The van der Waals surface area contributed by atoms with Gasteiger partial charge >= 0.3 is 0 Å². The molecular weight excluding hydrogens is 338 g/mol. The predicted octanol–water partition coefficient (Wildman–Crippen LogP) is 3.70. The van der Waals surface area contributed by atoms with E-state index in [2.05, 4.69) is 6.07 Å². The molecule has 2 heterocycles. The van der Waals surface area contributed by atoms with E-state index in [-0.39, 0.29) is 18.6 Å². The number of amides is 1. The zero-order chi connectivity index (χ0) is 17.6. The third kappa shape index (κ3) is 4.02. The summed E-state index contributed by atoms with van der Waals surface area (Å²) in [6.07, 6.45) is 2.75. The van der Waals surface area contributed by atoms with Crippen molar-refractivity contribution in [3.05, 3.63) is 46.2 Å². The third-order valence-corrected chi connectivity index (χ3v) is 5.17. The van der Waals surface area contributed by atoms with Crippen molar-refractivity contribution >= 4 is 23.5 Å². The second-order valence-corrected chi connectivity index (χ2v) is 6.79. The minimum absolute atomic E-state index is 0.0298. The van der Waals surface area contributed by atoms with Crippen molar-refractivity contribution in [1.29, 1.82) is 0 Å². The largest absolute Gasteiger partial charge is 0.490 e. The average Bonchev–Trinajstić information content (AvgIpc) is 3.31. The Hall–Kier alpha value is -2.34. The summed E-state index contributed by atoms with van der Waals surface area (Å²) in [4.78, 5) is 26.6. The van der Waals surface area contributed by atoms with Crippen LogP contribution in [0.25, 0.3) is 0 Å². The molecule has 0 N–H and O–H groups in total. The Morgan fingerprint density at radius 3 is 2.92 bits per heavy atom. The van der Waals surface area contributed by atoms with Gasteiger partial charge in [0.2, 0.25) is 0 Å². The highest BCUT2D eigenvalue weighted by atomic mass is 32.1. The molecule has 1 saturated heterocycles. The van der Waals surface area contributed by atoms with Crippen LogP contribution in [-0.2, 0) is 4.79 Å². The van der Waals surface area contributed by atoms with Crippen molar-refractivity contribution in [1.82, 2.24) is 4.90 Å². The van der Waals surface area contributed by atoms with Gasteiger partial charge in [-0.3, -0.25) is 9.59 Å². The maximum atomic E-state index is 12.6. The molecule has 0 bridgehead atoms. The molecule has 2 aromatic rings. The predicted molar refractivity (Wildman–Crippen MR) is 96.5 cm³/mol. The van der Waals surface area contributed by atoms with Crippen LogP contribution in [0.4, 0.5) is 0 Å². The molecule has 1 atom stereocenters. The summed E-state index contributed by atoms with van der Waals surface area (Å²) in [5, 5.41) is 2.04. The molecule has 1 fully saturated rings. The van der Waals surface area contributed by atoms with Gasteiger partial charge in [0.25, 0.3) is 5.91 Å². The van der Waals surface area contributed by atoms with Crippen LogP contribution in [0.2, 0.25) is 0 Å². The van der Waals surface area contributed by atoms with Gasteiger partial charge in [-0.1, -0.05) is 6.07 Å². The molecule has 1 aliphatic rings. The lowest BCUT2D eigenvalue weighted by atomic mass is 10.2. The van der Waals surface area contributed by atoms with Crippen molar-refractivity contribution in [3.63, 3.8) is 0 Å². The minimum Gasteiger partial charge on any atom is -0.490 e. The van der Waals surface area contributed by atoms with Crippen LogP contribution in [-0.4, -0.2) is 36.9 Å². The molecule has 1 amide bonds. The van der Waals surface area contributed by atoms with Gasteiger partial charge in [-0.05, 0) is 49.4 Å². The molecule has 1 aliphatic heterocycles. The van der Waals surface area contributed by atoms with Crippen molar-refractivity contribution in [3.8, 4) is 11.5 Å². The average molecular weight is 359 g/mol. The lowest BCUT2D eigenvalue weighted by molar-refractivity contribution is -0.134. The lowest BCUT2D eigenvalue weighted by Crippen LogP contribution is -2.34. The van der Waals surface area contributed by atoms with Crippen LogP contribution >= 0.6 is 11.3 Å². The van der Waals surface area contributed by atoms with E-state index in [0.717, 1.165) is 25.7 Å². The highest BCUT2D eigenvalue weighted by Crippen LogP contribution is 2.35. The van der Waals surface area contributed by atoms with E-state index >= 15 is 0 Å². The molecule has 3 rings (SSSR count). The van der Waals surface area contributed by atoms with Gasteiger partial charge in [-0.15, -0.1) is 11.3 Å². The van der Waals surface area contributed by atoms with E-state index in [4.69, 9.17) is 9.47 Å². The number of benzene rings is 1. The van der Waals surface area contributed by atoms with Crippen molar-refractivity contribution in [2.45, 2.75) is 25.8 Å². The van der Waals surface area contributed by atoms with E-state index in [1.807, 2.05) is 23.3 Å². The summed E-state index contributed by atoms with van der Waals surface area (Å²) < 4.78 is 11.2. The second-order valence-electron chi connectivity index (χ2n) is 5.81. The van der Waals surface area contributed by atoms with Gasteiger partial charge in [-0.25, -0.2) is 0 Å². The molecule has 0 spiro atoms. The maximum absolute atomic E-state index is 12.6. The number of thiophene rings is 1. The monoisotopic (exact) mass is 359 g/mol. The Morgan fingerprint density at radius 1 is 1.32 bits per heavy atom. The standard InChI is InChI=1S/C19H21NO4S/c1-2-23-17-11-14(12-21)7-8-16(17)24-13-19(22)20-9-3-5-15(20)18-6-4-10-25-18/h4,6-8,10-12,15H,2-3,5,9,13H2,1H3. The third-order valence-electron chi connectivity index (χ3n) is 4.20. The van der Waals surface area contributed by atoms with Crippen LogP contribution in [0.15, 0.2) is 35.7 Å². The molecule has 1 unspecified atom stereocenters. The van der Waals surface area contributed by atoms with Gasteiger partial charge < -0.3 is 14.4 Å². The Morgan fingerprint density at radius 2 is 2.20 bits per heavy atom. The van der Waals surface area contributed by atoms with Crippen molar-refractivity contribution in [2.75, 3.05) is 19.8 Å². The van der Waals surface area contributed by atoms with E-state index in [1.165, 1.54) is 4.88 Å². The number of hydrogen-bond acceptors (Lipinski definition) is 5. The fraction of sp³-hybridized carbons (Fsp3) is 0.368. The Labute approximate surface area is 151 Å². The van der Waals surface area contributed by atoms with Gasteiger partial charge in [0.15, 0.2) is 18.1 Å². The smallest absolute Gasteiger partial charge is 0.261 e. The zero-order valence-electron chi connectivity index (χ0n) is 14.1. The summed E-state index contributed by atoms with van der Waals surface area (Å²) in [6, 6.07) is 9.19. The maximum Gasteiger partial charge on any atom is 0.261 e. The van der Waals surface area contributed by atoms with Crippen LogP contribution in [0.5, 0.6) is 11.5 Å². The van der Waals surface area contributed by atoms with E-state index in [1.54, 1.807) is 29.5 Å². The Kier molecular flexibility index (Phi) is 5.71. The fourth-order valence-corrected chi connectivity index (χ4v) is 3.92. The number of carbonyl (C=O) groups is 2. The van der Waals surface area contributed by atoms with Gasteiger partial charge in [0.05, 0.1) is 12.6 Å². The Bertz CT molecular complexity index is 729. The van der Waals surface area contributed by atoms with Gasteiger partial charge in [0.1, 0.15) is 6.29 Å². The van der Waals surface area contributed by atoms with Crippen molar-refractivity contribution in [2.24, 2.45) is 0 Å². The normalized spacial score (nSPS) is 16.7. The fourth-order valence-electron chi connectivity index (χ4n) is 3.05. The van der Waals surface area contributed by atoms with E-state index in [9.17, 15) is 9.59 Å². The molecule has 6 heteroatoms. The topological polar surface area (TPSA) is 55.8 Å². The summed E-state index contributed by atoms with van der Waals surface area (Å²) in [5.41, 5.74) is 0.513. The number of hydrogen-bond donors (Lipinski definition) is 0. The number of carbonyl (C=O) groups excluding carboxylic acids is 2. The number of nitrogens with zero attached hydrogens (tertiary/aromatic N) is 1. The van der Waals surface area contributed by atoms with Crippen LogP contribution in [0, 0.1) is 0 Å². The summed E-state index contributed by atoms with van der Waals surface area (Å²) in [7, 11) is 0. The van der Waals surface area contributed by atoms with Gasteiger partial charge in [0, 0.05) is 17.0 Å². The molecule has 0 aliphatic carbocycles. The highest BCUT2D eigenvalue weighted by Gasteiger charge is 2.30. The van der Waals surface area contributed by atoms with E-state index in [0.29, 0.717) is 23.7 Å². The molecule has 1 aromatic carbocycles. The number of ether oxygens (including phenoxy) is 2. The number of aldehydes is 1. The molecule has 0 saturated carbocycles. The SMILES string of the molecule is CCOc1cc(C=O)ccc1OCC(=O)N1CCCC1c1cccs1. The number of likely N-dealkylation sites (tertiary alicyclic amines) is 1. The van der Waals surface area contributed by atoms with Gasteiger partial charge in [-0.2, -0.15) is 0 Å². The summed E-state index contributed by atoms with van der Waals surface area (Å²) >= 11 is 1.68. The summed E-state index contributed by atoms with van der Waals surface area (Å²) in [6.45, 7) is 3.03. The molecule has 1 aromatic heterocycles. The van der Waals surface area contributed by atoms with Crippen LogP contribution in [0.1, 0.15) is 41.0 Å².